The van der Waals surface area contributed by atoms with Gasteiger partial charge in [0.2, 0.25) is 15.9 Å². The molecule has 1 N–H and O–H groups in total. The van der Waals surface area contributed by atoms with Crippen molar-refractivity contribution in [3.05, 3.63) is 72.1 Å². The summed E-state index contributed by atoms with van der Waals surface area (Å²) in [7, 11) is -2.68. The molecule has 3 heterocycles. The monoisotopic (exact) mass is 552 g/mol. The van der Waals surface area contributed by atoms with E-state index in [1.165, 1.54) is 26.3 Å². The fourth-order valence-corrected chi connectivity index (χ4v) is 6.15. The number of hydrogen-bond donors (Lipinski definition) is 1. The van der Waals surface area contributed by atoms with Gasteiger partial charge in [-0.25, -0.2) is 12.8 Å². The quantitative estimate of drug-likeness (QED) is 0.442. The van der Waals surface area contributed by atoms with E-state index < -0.39 is 39.2 Å². The van der Waals surface area contributed by atoms with Gasteiger partial charge in [-0.3, -0.25) is 14.8 Å². The van der Waals surface area contributed by atoms with Crippen LogP contribution in [0.4, 0.5) is 17.6 Å². The summed E-state index contributed by atoms with van der Waals surface area (Å²) in [5.41, 5.74) is -1.29. The second-order valence-electron chi connectivity index (χ2n) is 8.90. The van der Waals surface area contributed by atoms with Crippen LogP contribution in [0.15, 0.2) is 59.8 Å². The molecule has 1 aliphatic heterocycles. The summed E-state index contributed by atoms with van der Waals surface area (Å²) in [5.74, 6) is -0.832. The average Bonchev–Trinajstić information content (AvgIpc) is 3.30. The first-order chi connectivity index (χ1) is 17.9. The van der Waals surface area contributed by atoms with Crippen LogP contribution in [-0.2, 0) is 27.5 Å². The van der Waals surface area contributed by atoms with Crippen molar-refractivity contribution in [2.24, 2.45) is 0 Å². The predicted octanol–water partition coefficient (Wildman–Crippen LogP) is 4.17. The Bertz CT molecular complexity index is 1430. The minimum Gasteiger partial charge on any atom is -0.494 e. The Morgan fingerprint density at radius 1 is 1.13 bits per heavy atom. The first-order valence-corrected chi connectivity index (χ1v) is 12.9. The van der Waals surface area contributed by atoms with Crippen LogP contribution in [0.2, 0.25) is 0 Å². The van der Waals surface area contributed by atoms with Crippen LogP contribution in [-0.4, -0.2) is 47.8 Å². The Morgan fingerprint density at radius 2 is 1.84 bits per heavy atom. The van der Waals surface area contributed by atoms with Crippen molar-refractivity contribution in [3.8, 4) is 16.9 Å². The van der Waals surface area contributed by atoms with Gasteiger partial charge < -0.3 is 10.1 Å². The Morgan fingerprint density at radius 3 is 2.45 bits per heavy atom. The molecule has 0 saturated carbocycles. The number of ether oxygens (including phenoxy) is 1. The molecule has 0 bridgehead atoms. The molecule has 1 saturated heterocycles. The third kappa shape index (κ3) is 5.34. The number of amides is 1. The number of methoxy groups -OCH3 is 1. The molecule has 0 spiro atoms. The van der Waals surface area contributed by atoms with E-state index in [1.54, 1.807) is 6.07 Å². The molecule has 3 aromatic rings. The van der Waals surface area contributed by atoms with Gasteiger partial charge in [0.1, 0.15) is 22.8 Å². The van der Waals surface area contributed by atoms with Crippen molar-refractivity contribution in [1.82, 2.24) is 19.6 Å². The Kier molecular flexibility index (Phi) is 7.44. The van der Waals surface area contributed by atoms with Crippen LogP contribution in [0.25, 0.3) is 11.1 Å². The summed E-state index contributed by atoms with van der Waals surface area (Å²) < 4.78 is 84.8. The van der Waals surface area contributed by atoms with Crippen molar-refractivity contribution >= 4 is 15.9 Å². The number of rotatable bonds is 7. The van der Waals surface area contributed by atoms with Crippen molar-refractivity contribution < 1.29 is 35.5 Å². The third-order valence-corrected chi connectivity index (χ3v) is 8.44. The summed E-state index contributed by atoms with van der Waals surface area (Å²) in [6.45, 7) is 1.57. The fraction of sp³-hybridized carbons (Fsp3) is 0.320. The number of hydrogen-bond acceptors (Lipinski definition) is 6. The Labute approximate surface area is 216 Å². The highest BCUT2D eigenvalue weighted by molar-refractivity contribution is 7.89. The average molecular weight is 553 g/mol. The molecule has 4 rings (SSSR count). The van der Waals surface area contributed by atoms with Crippen molar-refractivity contribution in [2.75, 3.05) is 13.7 Å². The summed E-state index contributed by atoms with van der Waals surface area (Å²) in [5, 5.41) is 2.72. The summed E-state index contributed by atoms with van der Waals surface area (Å²) in [6.07, 6.45) is -1.41. The van der Waals surface area contributed by atoms with Crippen molar-refractivity contribution in [1.29, 1.82) is 0 Å². The summed E-state index contributed by atoms with van der Waals surface area (Å²) in [6, 6.07) is 8.05. The Balaban J connectivity index is 1.54. The zero-order valence-electron chi connectivity index (χ0n) is 20.4. The molecule has 1 aromatic carbocycles. The number of benzene rings is 1. The molecule has 8 nitrogen and oxygen atoms in total. The molecule has 1 unspecified atom stereocenters. The maximum absolute atomic E-state index is 13.3. The smallest absolute Gasteiger partial charge is 0.433 e. The van der Waals surface area contributed by atoms with Crippen LogP contribution < -0.4 is 10.1 Å². The van der Waals surface area contributed by atoms with Crippen LogP contribution in [0.1, 0.15) is 31.2 Å². The van der Waals surface area contributed by atoms with E-state index in [0.717, 1.165) is 40.8 Å². The van der Waals surface area contributed by atoms with Crippen LogP contribution >= 0.6 is 0 Å². The Hall–Kier alpha value is -3.58. The second kappa shape index (κ2) is 10.3. The highest BCUT2D eigenvalue weighted by Crippen LogP contribution is 2.35. The minimum absolute atomic E-state index is 0.0794. The first kappa shape index (κ1) is 27.5. The van der Waals surface area contributed by atoms with E-state index in [-0.39, 0.29) is 24.4 Å². The molecule has 1 aliphatic rings. The van der Waals surface area contributed by atoms with E-state index in [1.807, 2.05) is 0 Å². The third-order valence-electron chi connectivity index (χ3n) is 6.40. The number of nitrogens with one attached hydrogen (secondary N) is 1. The van der Waals surface area contributed by atoms with E-state index in [0.29, 0.717) is 29.0 Å². The highest BCUT2D eigenvalue weighted by Gasteiger charge is 2.49. The van der Waals surface area contributed by atoms with Gasteiger partial charge in [0.15, 0.2) is 0 Å². The largest absolute Gasteiger partial charge is 0.494 e. The number of carbonyl (C=O) groups is 1. The van der Waals surface area contributed by atoms with Gasteiger partial charge in [0.05, 0.1) is 30.4 Å². The van der Waals surface area contributed by atoms with Crippen LogP contribution in [0.3, 0.4) is 0 Å². The van der Waals surface area contributed by atoms with Gasteiger partial charge in [0, 0.05) is 23.9 Å². The highest BCUT2D eigenvalue weighted by atomic mass is 32.2. The van der Waals surface area contributed by atoms with Gasteiger partial charge in [-0.1, -0.05) is 6.07 Å². The predicted molar refractivity (Wildman–Crippen MR) is 129 cm³/mol. The topological polar surface area (TPSA) is 101 Å². The zero-order chi connectivity index (χ0) is 27.7. The molecule has 13 heteroatoms. The standard InChI is InChI=1S/C25H24F4N4O4S/c1-24(10-3-11-33(24)38(35,36)19-7-5-17(26)6-8-19)23(34)32-14-18-12-20(21(37-2)15-30-18)16-4-9-22(31-13-16)25(27,28)29/h4-9,12-13,15H,3,10-11,14H2,1-2H3,(H,32,34). The van der Waals surface area contributed by atoms with E-state index in [2.05, 4.69) is 15.3 Å². The van der Waals surface area contributed by atoms with E-state index >= 15 is 0 Å². The molecular formula is C25H24F4N4O4S. The number of aromatic nitrogens is 2. The van der Waals surface area contributed by atoms with Gasteiger partial charge in [-0.05, 0) is 56.2 Å². The molecule has 1 atom stereocenters. The summed E-state index contributed by atoms with van der Waals surface area (Å²) >= 11 is 0. The van der Waals surface area contributed by atoms with E-state index in [9.17, 15) is 30.8 Å². The number of halogens is 4. The van der Waals surface area contributed by atoms with Crippen molar-refractivity contribution in [2.45, 2.75) is 42.9 Å². The molecule has 0 aliphatic carbocycles. The molecule has 38 heavy (non-hydrogen) atoms. The fourth-order valence-electron chi connectivity index (χ4n) is 4.34. The van der Waals surface area contributed by atoms with Crippen molar-refractivity contribution in [3.63, 3.8) is 0 Å². The molecule has 202 valence electrons. The number of nitrogens with zero attached hydrogens (tertiary/aromatic N) is 3. The van der Waals surface area contributed by atoms with Gasteiger partial charge in [-0.2, -0.15) is 17.5 Å². The lowest BCUT2D eigenvalue weighted by Crippen LogP contribution is -2.55. The summed E-state index contributed by atoms with van der Waals surface area (Å²) in [4.78, 5) is 20.8. The lowest BCUT2D eigenvalue weighted by Gasteiger charge is -2.33. The SMILES string of the molecule is COc1cnc(CNC(=O)C2(C)CCCN2S(=O)(=O)c2ccc(F)cc2)cc1-c1ccc(C(F)(F)F)nc1. The van der Waals surface area contributed by atoms with Crippen LogP contribution in [0, 0.1) is 5.82 Å². The number of alkyl halides is 3. The maximum atomic E-state index is 13.3. The van der Waals surface area contributed by atoms with E-state index in [4.69, 9.17) is 4.74 Å². The number of sulfonamides is 1. The minimum atomic E-state index is -4.58. The molecule has 1 fully saturated rings. The maximum Gasteiger partial charge on any atom is 0.433 e. The first-order valence-electron chi connectivity index (χ1n) is 11.5. The van der Waals surface area contributed by atoms with Gasteiger partial charge in [-0.15, -0.1) is 0 Å². The van der Waals surface area contributed by atoms with Gasteiger partial charge >= 0.3 is 6.18 Å². The molecule has 2 aromatic heterocycles. The number of pyridine rings is 2. The lowest BCUT2D eigenvalue weighted by molar-refractivity contribution is -0.141. The van der Waals surface area contributed by atoms with Gasteiger partial charge in [0.25, 0.3) is 0 Å². The number of carbonyl (C=O) groups excluding carboxylic acids is 1. The normalized spacial score (nSPS) is 18.4. The second-order valence-corrected chi connectivity index (χ2v) is 10.8. The molecular weight excluding hydrogens is 528 g/mol. The molecule has 1 amide bonds. The lowest BCUT2D eigenvalue weighted by atomic mass is 9.99. The molecule has 0 radical (unpaired) electrons. The zero-order valence-corrected chi connectivity index (χ0v) is 21.2. The van der Waals surface area contributed by atoms with Crippen LogP contribution in [0.5, 0.6) is 5.75 Å².